The molecule has 1 heterocycles. The molecule has 2 aromatic carbocycles. The van der Waals surface area contributed by atoms with E-state index in [0.717, 1.165) is 36.1 Å². The van der Waals surface area contributed by atoms with Crippen LogP contribution in [0.1, 0.15) is 63.1 Å². The van der Waals surface area contributed by atoms with Gasteiger partial charge in [0.15, 0.2) is 0 Å². The Balaban J connectivity index is 0.000000312. The number of hydrogen-bond acceptors (Lipinski definition) is 9. The smallest absolute Gasteiger partial charge is 0.349 e. The second kappa shape index (κ2) is 22.7. The lowest BCUT2D eigenvalue weighted by Gasteiger charge is -2.25. The van der Waals surface area contributed by atoms with Crippen molar-refractivity contribution in [3.05, 3.63) is 74.3 Å². The largest absolute Gasteiger partial charge is 0.480 e. The normalized spacial score (nSPS) is 14.1. The third-order valence-electron chi connectivity index (χ3n) is 7.79. The van der Waals surface area contributed by atoms with Gasteiger partial charge in [0.1, 0.15) is 17.6 Å². The van der Waals surface area contributed by atoms with E-state index in [1.54, 1.807) is 30.0 Å². The van der Waals surface area contributed by atoms with Gasteiger partial charge < -0.3 is 24.4 Å². The first-order chi connectivity index (χ1) is 25.5. The summed E-state index contributed by atoms with van der Waals surface area (Å²) in [6.45, 7) is 8.23. The number of carboxylic acid groups (broad SMARTS) is 1. The van der Waals surface area contributed by atoms with E-state index in [2.05, 4.69) is 12.2 Å². The molecule has 0 radical (unpaired) electrons. The fraction of sp³-hybridized carbons (Fsp3) is 0.417. The molecular formula is C36H45Cl3N3O11P. The number of anilines is 2. The number of aryl methyl sites for hydroxylation is 2. The Morgan fingerprint density at radius 1 is 1.02 bits per heavy atom. The van der Waals surface area contributed by atoms with Crippen molar-refractivity contribution < 1.29 is 52.9 Å². The number of imide groups is 1. The van der Waals surface area contributed by atoms with Crippen molar-refractivity contribution >= 4 is 89.5 Å². The van der Waals surface area contributed by atoms with Crippen LogP contribution in [-0.2, 0) is 44.4 Å². The molecule has 14 nitrogen and oxygen atoms in total. The zero-order chi connectivity index (χ0) is 40.6. The van der Waals surface area contributed by atoms with E-state index in [1.807, 2.05) is 32.0 Å². The monoisotopic (exact) mass is 831 g/mol. The minimum Gasteiger partial charge on any atom is -0.480 e. The van der Waals surface area contributed by atoms with Crippen LogP contribution in [0.5, 0.6) is 0 Å². The number of ether oxygens (including phenoxy) is 2. The summed E-state index contributed by atoms with van der Waals surface area (Å²) < 4.78 is 20.3. The van der Waals surface area contributed by atoms with Crippen LogP contribution in [0.2, 0.25) is 5.02 Å². The fourth-order valence-corrected chi connectivity index (χ4v) is 6.26. The van der Waals surface area contributed by atoms with Crippen LogP contribution in [-0.4, -0.2) is 83.2 Å². The van der Waals surface area contributed by atoms with Crippen LogP contribution in [0.15, 0.2) is 52.6 Å². The van der Waals surface area contributed by atoms with E-state index in [-0.39, 0.29) is 42.0 Å². The number of para-hydroxylation sites is 1. The quantitative estimate of drug-likeness (QED) is 0.0424. The van der Waals surface area contributed by atoms with Crippen molar-refractivity contribution in [1.82, 2.24) is 5.32 Å². The summed E-state index contributed by atoms with van der Waals surface area (Å²) in [7, 11) is -4.10. The van der Waals surface area contributed by atoms with Gasteiger partial charge in [0.2, 0.25) is 5.91 Å². The Morgan fingerprint density at radius 2 is 1.65 bits per heavy atom. The average Bonchev–Trinajstić information content (AvgIpc) is 3.38. The molecule has 4 rings (SSSR count). The summed E-state index contributed by atoms with van der Waals surface area (Å²) >= 11 is 17.8. The van der Waals surface area contributed by atoms with E-state index >= 15 is 0 Å². The lowest BCUT2D eigenvalue weighted by molar-refractivity contribution is -0.138. The average molecular weight is 833 g/mol. The summed E-state index contributed by atoms with van der Waals surface area (Å²) in [6, 6.07) is 10.8. The fourth-order valence-electron chi connectivity index (χ4n) is 5.37. The van der Waals surface area contributed by atoms with Gasteiger partial charge in [-0.2, -0.15) is 0 Å². The number of carbonyl (C=O) groups is 5. The number of alkyl halides is 1. The molecule has 0 spiro atoms. The van der Waals surface area contributed by atoms with E-state index < -0.39 is 32.4 Å². The second-order valence-electron chi connectivity index (χ2n) is 11.7. The first-order valence-corrected chi connectivity index (χ1v) is 20.0. The molecule has 0 bridgehead atoms. The van der Waals surface area contributed by atoms with E-state index in [9.17, 15) is 28.5 Å². The highest BCUT2D eigenvalue weighted by atomic mass is 35.5. The van der Waals surface area contributed by atoms with Crippen molar-refractivity contribution in [2.75, 3.05) is 48.5 Å². The standard InChI is InChI=1S/C19H17Cl2NO4.C14H20ClNO2.C3H8NO5P/c1-2-26-19(25)16(21)10-11-9-12(7-8-15(11)20)22-17(23)13-5-3-4-6-14(13)18(22)24;1-4-12-8-6-7-11(3)14(12)16(10-18-5-2)13(17)9-15;5-3(6)1-4-2-10(7,8)9/h7-10H,2-6H2,1H3;6-8H,4-5,9-10H2,1-3H3;4H,1-2H2,(H,5,6)(H2,7,8,9)/b16-10-;;. The number of carboxylic acids is 1. The molecule has 0 aromatic heterocycles. The minimum absolute atomic E-state index is 0.0371. The molecular weight excluding hydrogens is 788 g/mol. The number of benzene rings is 2. The van der Waals surface area contributed by atoms with Crippen molar-refractivity contribution in [1.29, 1.82) is 0 Å². The summed E-state index contributed by atoms with van der Waals surface area (Å²) in [5.41, 5.74) is 5.17. The first-order valence-electron chi connectivity index (χ1n) is 16.9. The summed E-state index contributed by atoms with van der Waals surface area (Å²) in [6.07, 6.45) is 4.72. The van der Waals surface area contributed by atoms with E-state index in [4.69, 9.17) is 59.2 Å². The van der Waals surface area contributed by atoms with Gasteiger partial charge in [-0.1, -0.05) is 48.3 Å². The Kier molecular flexibility index (Phi) is 19.6. The van der Waals surface area contributed by atoms with Crippen LogP contribution in [0.4, 0.5) is 11.4 Å². The number of hydrogen-bond donors (Lipinski definition) is 4. The molecule has 296 valence electrons. The summed E-state index contributed by atoms with van der Waals surface area (Å²) in [4.78, 5) is 77.9. The number of rotatable bonds is 14. The van der Waals surface area contributed by atoms with Gasteiger partial charge in [-0.25, -0.2) is 9.69 Å². The van der Waals surface area contributed by atoms with E-state index in [0.29, 0.717) is 46.9 Å². The van der Waals surface area contributed by atoms with Crippen LogP contribution in [0.3, 0.4) is 0 Å². The molecule has 0 unspecified atom stereocenters. The Labute approximate surface area is 329 Å². The van der Waals surface area contributed by atoms with E-state index in [1.165, 1.54) is 11.0 Å². The molecule has 1 aliphatic heterocycles. The highest BCUT2D eigenvalue weighted by Crippen LogP contribution is 2.37. The van der Waals surface area contributed by atoms with Crippen LogP contribution in [0, 0.1) is 6.92 Å². The molecule has 2 aromatic rings. The van der Waals surface area contributed by atoms with Gasteiger partial charge >= 0.3 is 19.5 Å². The molecule has 4 N–H and O–H groups in total. The molecule has 0 fully saturated rings. The van der Waals surface area contributed by atoms with Crippen molar-refractivity contribution in [3.63, 3.8) is 0 Å². The molecule has 3 amide bonds. The van der Waals surface area contributed by atoms with Crippen molar-refractivity contribution in [2.45, 2.75) is 59.8 Å². The number of halogens is 3. The Bertz CT molecular complexity index is 1770. The number of esters is 1. The SMILES string of the molecule is CCOC(=O)/C(Cl)=C/c1cc(N2C(=O)C3=C(CCCC3)C2=O)ccc1Cl.CCOCN(C(=O)CCl)c1c(C)cccc1CC.O=C(O)CNCP(=O)(O)O. The van der Waals surface area contributed by atoms with Gasteiger partial charge in [-0.3, -0.25) is 34.0 Å². The van der Waals surface area contributed by atoms with Gasteiger partial charge in [0, 0.05) is 22.8 Å². The molecule has 0 atom stereocenters. The molecule has 54 heavy (non-hydrogen) atoms. The van der Waals surface area contributed by atoms with Crippen LogP contribution in [0.25, 0.3) is 6.08 Å². The maximum Gasteiger partial charge on any atom is 0.349 e. The summed E-state index contributed by atoms with van der Waals surface area (Å²) in [5.74, 6) is -2.54. The van der Waals surface area contributed by atoms with Crippen molar-refractivity contribution in [2.24, 2.45) is 0 Å². The highest BCUT2D eigenvalue weighted by Gasteiger charge is 2.39. The summed E-state index contributed by atoms with van der Waals surface area (Å²) in [5, 5.41) is 10.3. The predicted octanol–water partition coefficient (Wildman–Crippen LogP) is 6.15. The second-order valence-corrected chi connectivity index (χ2v) is 14.4. The van der Waals surface area contributed by atoms with Gasteiger partial charge in [0.25, 0.3) is 11.8 Å². The molecule has 0 saturated carbocycles. The Hall–Kier alpha value is -3.59. The molecule has 1 aliphatic carbocycles. The number of carbonyl (C=O) groups excluding carboxylic acids is 4. The maximum atomic E-state index is 12.7. The van der Waals surface area contributed by atoms with Gasteiger partial charge in [-0.05, 0) is 93.8 Å². The number of aliphatic carboxylic acids is 1. The third kappa shape index (κ3) is 13.9. The zero-order valence-electron chi connectivity index (χ0n) is 30.4. The van der Waals surface area contributed by atoms with Crippen LogP contribution < -0.4 is 15.1 Å². The van der Waals surface area contributed by atoms with Gasteiger partial charge in [0.05, 0.1) is 30.8 Å². The first kappa shape index (κ1) is 46.6. The molecule has 0 saturated heterocycles. The highest BCUT2D eigenvalue weighted by molar-refractivity contribution is 7.51. The number of nitrogens with one attached hydrogen (secondary N) is 1. The topological polar surface area (TPSA) is 200 Å². The number of nitrogens with zero attached hydrogens (tertiary/aromatic N) is 2. The predicted molar refractivity (Wildman–Crippen MR) is 208 cm³/mol. The lowest BCUT2D eigenvalue weighted by Crippen LogP contribution is -2.35. The number of amides is 3. The van der Waals surface area contributed by atoms with Crippen molar-refractivity contribution in [3.8, 4) is 0 Å². The zero-order valence-corrected chi connectivity index (χ0v) is 33.6. The molecule has 18 heteroatoms. The maximum absolute atomic E-state index is 12.7. The van der Waals surface area contributed by atoms with Crippen LogP contribution >= 0.6 is 42.4 Å². The molecule has 2 aliphatic rings. The lowest BCUT2D eigenvalue weighted by atomic mass is 9.93. The van der Waals surface area contributed by atoms with Gasteiger partial charge in [-0.15, -0.1) is 11.6 Å². The minimum atomic E-state index is -4.10. The third-order valence-corrected chi connectivity index (χ3v) is 9.26. The Morgan fingerprint density at radius 3 is 2.17 bits per heavy atom.